The number of benzene rings is 1. The van der Waals surface area contributed by atoms with E-state index < -0.39 is 30.8 Å². The van der Waals surface area contributed by atoms with Gasteiger partial charge in [0.05, 0.1) is 12.6 Å². The Morgan fingerprint density at radius 2 is 2.00 bits per heavy atom. The van der Waals surface area contributed by atoms with Gasteiger partial charge < -0.3 is 29.8 Å². The molecular weight excluding hydrogens is 262 g/mol. The second-order valence-corrected chi connectivity index (χ2v) is 5.02. The van der Waals surface area contributed by atoms with Crippen LogP contribution in [0.5, 0.6) is 0 Å². The first-order valence-electron chi connectivity index (χ1n) is 6.64. The van der Waals surface area contributed by atoms with Crippen molar-refractivity contribution in [3.8, 4) is 0 Å². The Kier molecular flexibility index (Phi) is 4.02. The van der Waals surface area contributed by atoms with Crippen LogP contribution in [0.25, 0.3) is 0 Å². The van der Waals surface area contributed by atoms with Gasteiger partial charge in [0.1, 0.15) is 18.3 Å². The zero-order chi connectivity index (χ0) is 14.1. The van der Waals surface area contributed by atoms with Gasteiger partial charge in [0.2, 0.25) is 0 Å². The molecule has 6 heteroatoms. The lowest BCUT2D eigenvalue weighted by atomic mass is 9.96. The molecular formula is C14H19NO5. The van der Waals surface area contributed by atoms with Gasteiger partial charge in [-0.25, -0.2) is 0 Å². The van der Waals surface area contributed by atoms with E-state index in [4.69, 9.17) is 24.7 Å². The fourth-order valence-corrected chi connectivity index (χ4v) is 2.60. The van der Waals surface area contributed by atoms with E-state index in [1.165, 1.54) is 7.11 Å². The zero-order valence-corrected chi connectivity index (χ0v) is 11.2. The molecule has 6 nitrogen and oxygen atoms in total. The van der Waals surface area contributed by atoms with E-state index in [-0.39, 0.29) is 6.10 Å². The van der Waals surface area contributed by atoms with Crippen LogP contribution in [0.3, 0.4) is 0 Å². The van der Waals surface area contributed by atoms with E-state index in [0.717, 1.165) is 5.56 Å². The first kappa shape index (κ1) is 13.9. The summed E-state index contributed by atoms with van der Waals surface area (Å²) < 4.78 is 22.2. The topological polar surface area (TPSA) is 83.2 Å². The third-order valence-electron chi connectivity index (χ3n) is 3.72. The lowest BCUT2D eigenvalue weighted by molar-refractivity contribution is -0.339. The molecule has 2 aliphatic heterocycles. The van der Waals surface area contributed by atoms with Crippen molar-refractivity contribution in [2.24, 2.45) is 5.73 Å². The average molecular weight is 281 g/mol. The summed E-state index contributed by atoms with van der Waals surface area (Å²) in [4.78, 5) is 0. The van der Waals surface area contributed by atoms with Crippen LogP contribution in [-0.2, 0) is 18.9 Å². The summed E-state index contributed by atoms with van der Waals surface area (Å²) in [5.74, 6) is 0. The predicted molar refractivity (Wildman–Crippen MR) is 69.7 cm³/mol. The fraction of sp³-hybridized carbons (Fsp3) is 0.571. The maximum absolute atomic E-state index is 10.3. The maximum atomic E-state index is 10.3. The minimum absolute atomic E-state index is 0.327. The Labute approximate surface area is 117 Å². The molecule has 0 saturated carbocycles. The standard InChI is InChI=1S/C14H19NO5/c1-17-14-10(15)11(16)12-9(19-14)7-18-13(20-12)8-5-3-2-4-6-8/h2-6,9-14,16H,7,15H2,1H3/t9?,10?,11?,12-,13?,14+/m0/s1. The van der Waals surface area contributed by atoms with Crippen LogP contribution in [0.1, 0.15) is 11.9 Å². The fourth-order valence-electron chi connectivity index (χ4n) is 2.60. The van der Waals surface area contributed by atoms with Gasteiger partial charge >= 0.3 is 0 Å². The molecule has 4 unspecified atom stereocenters. The van der Waals surface area contributed by atoms with Gasteiger partial charge in [0, 0.05) is 12.7 Å². The summed E-state index contributed by atoms with van der Waals surface area (Å²) in [6.07, 6.45) is -2.91. The highest BCUT2D eigenvalue weighted by Gasteiger charge is 2.48. The molecule has 3 rings (SSSR count). The van der Waals surface area contributed by atoms with Gasteiger partial charge in [0.25, 0.3) is 0 Å². The van der Waals surface area contributed by atoms with E-state index in [9.17, 15) is 5.11 Å². The van der Waals surface area contributed by atoms with E-state index >= 15 is 0 Å². The largest absolute Gasteiger partial charge is 0.388 e. The monoisotopic (exact) mass is 281 g/mol. The summed E-state index contributed by atoms with van der Waals surface area (Å²) in [7, 11) is 1.49. The highest BCUT2D eigenvalue weighted by molar-refractivity contribution is 5.16. The molecule has 1 aromatic rings. The van der Waals surface area contributed by atoms with Crippen LogP contribution in [0, 0.1) is 0 Å². The first-order valence-corrected chi connectivity index (χ1v) is 6.64. The van der Waals surface area contributed by atoms with Crippen LogP contribution in [0.2, 0.25) is 0 Å². The molecule has 0 aromatic heterocycles. The molecule has 1 aromatic carbocycles. The number of ether oxygens (including phenoxy) is 4. The number of aliphatic hydroxyl groups excluding tert-OH is 1. The number of rotatable bonds is 2. The van der Waals surface area contributed by atoms with Gasteiger partial charge in [0.15, 0.2) is 12.6 Å². The number of nitrogens with two attached hydrogens (primary N) is 1. The smallest absolute Gasteiger partial charge is 0.184 e. The minimum atomic E-state index is -0.853. The zero-order valence-electron chi connectivity index (χ0n) is 11.2. The predicted octanol–water partition coefficient (Wildman–Crippen LogP) is 0.160. The van der Waals surface area contributed by atoms with Crippen molar-refractivity contribution >= 4 is 0 Å². The molecule has 0 aliphatic carbocycles. The van der Waals surface area contributed by atoms with Gasteiger partial charge in [-0.05, 0) is 0 Å². The van der Waals surface area contributed by atoms with Crippen molar-refractivity contribution in [2.45, 2.75) is 36.9 Å². The van der Waals surface area contributed by atoms with Crippen molar-refractivity contribution in [3.63, 3.8) is 0 Å². The number of hydrogen-bond donors (Lipinski definition) is 2. The Balaban J connectivity index is 1.74. The quantitative estimate of drug-likeness (QED) is 0.803. The summed E-state index contributed by atoms with van der Waals surface area (Å²) in [5.41, 5.74) is 6.81. The number of hydrogen-bond acceptors (Lipinski definition) is 6. The van der Waals surface area contributed by atoms with Crippen molar-refractivity contribution in [1.29, 1.82) is 0 Å². The summed E-state index contributed by atoms with van der Waals surface area (Å²) in [6.45, 7) is 0.327. The number of aliphatic hydroxyl groups is 1. The lowest BCUT2D eigenvalue weighted by Gasteiger charge is -2.46. The summed E-state index contributed by atoms with van der Waals surface area (Å²) in [6, 6.07) is 8.93. The normalized spacial score (nSPS) is 41.1. The van der Waals surface area contributed by atoms with Crippen LogP contribution < -0.4 is 5.73 Å². The van der Waals surface area contributed by atoms with E-state index in [1.54, 1.807) is 0 Å². The Morgan fingerprint density at radius 1 is 1.25 bits per heavy atom. The Hall–Kier alpha value is -1.02. The molecule has 2 saturated heterocycles. The molecule has 20 heavy (non-hydrogen) atoms. The van der Waals surface area contributed by atoms with Crippen molar-refractivity contribution < 1.29 is 24.1 Å². The second kappa shape index (κ2) is 5.77. The molecule has 110 valence electrons. The molecule has 0 bridgehead atoms. The van der Waals surface area contributed by atoms with Crippen LogP contribution >= 0.6 is 0 Å². The Morgan fingerprint density at radius 3 is 2.70 bits per heavy atom. The maximum Gasteiger partial charge on any atom is 0.184 e. The number of fused-ring (bicyclic) bond motifs is 1. The third-order valence-corrected chi connectivity index (χ3v) is 3.72. The van der Waals surface area contributed by atoms with Crippen molar-refractivity contribution in [3.05, 3.63) is 35.9 Å². The van der Waals surface area contributed by atoms with Crippen molar-refractivity contribution in [2.75, 3.05) is 13.7 Å². The van der Waals surface area contributed by atoms with Gasteiger partial charge in [-0.2, -0.15) is 0 Å². The van der Waals surface area contributed by atoms with Gasteiger partial charge in [-0.15, -0.1) is 0 Å². The van der Waals surface area contributed by atoms with E-state index in [1.807, 2.05) is 30.3 Å². The first-order chi connectivity index (χ1) is 9.70. The summed E-state index contributed by atoms with van der Waals surface area (Å²) in [5, 5.41) is 10.3. The van der Waals surface area contributed by atoms with Gasteiger partial charge in [-0.3, -0.25) is 0 Å². The molecule has 0 amide bonds. The lowest BCUT2D eigenvalue weighted by Crippen LogP contribution is -2.64. The van der Waals surface area contributed by atoms with E-state index in [2.05, 4.69) is 0 Å². The van der Waals surface area contributed by atoms with Crippen LogP contribution in [0.15, 0.2) is 30.3 Å². The third kappa shape index (κ3) is 2.46. The van der Waals surface area contributed by atoms with Gasteiger partial charge in [-0.1, -0.05) is 30.3 Å². The summed E-state index contributed by atoms with van der Waals surface area (Å²) >= 11 is 0. The molecule has 0 spiro atoms. The second-order valence-electron chi connectivity index (χ2n) is 5.02. The Bertz CT molecular complexity index is 440. The molecule has 2 fully saturated rings. The van der Waals surface area contributed by atoms with Crippen LogP contribution in [0.4, 0.5) is 0 Å². The SMILES string of the molecule is CO[C@@H]1OC2COC(c3ccccc3)O[C@@H]2C(O)C1N. The van der Waals surface area contributed by atoms with Crippen LogP contribution in [-0.4, -0.2) is 49.5 Å². The minimum Gasteiger partial charge on any atom is -0.388 e. The number of methoxy groups -OCH3 is 1. The molecule has 0 radical (unpaired) electrons. The molecule has 2 heterocycles. The highest BCUT2D eigenvalue weighted by atomic mass is 16.7. The molecule has 3 N–H and O–H groups in total. The van der Waals surface area contributed by atoms with E-state index in [0.29, 0.717) is 6.61 Å². The molecule has 2 aliphatic rings. The average Bonchev–Trinajstić information content (AvgIpc) is 2.51. The highest BCUT2D eigenvalue weighted by Crippen LogP contribution is 2.33. The van der Waals surface area contributed by atoms with Crippen molar-refractivity contribution in [1.82, 2.24) is 0 Å². The molecule has 6 atom stereocenters.